The summed E-state index contributed by atoms with van der Waals surface area (Å²) in [6.45, 7) is 2.25. The number of aromatic carboxylic acids is 1. The van der Waals surface area contributed by atoms with E-state index in [2.05, 4.69) is 9.97 Å². The number of carbonyl (C=O) groups excluding carboxylic acids is 1. The van der Waals surface area contributed by atoms with Crippen molar-refractivity contribution in [3.8, 4) is 0 Å². The Hall–Kier alpha value is -2.76. The number of pyridine rings is 2. The molecular weight excluding hydrogens is 270 g/mol. The number of aryl methyl sites for hydroxylation is 1. The van der Waals surface area contributed by atoms with E-state index in [4.69, 9.17) is 5.11 Å². The Bertz CT molecular complexity index is 668. The van der Waals surface area contributed by atoms with Gasteiger partial charge in [-0.25, -0.2) is 4.79 Å². The minimum absolute atomic E-state index is 0.0505. The molecule has 2 rings (SSSR count). The van der Waals surface area contributed by atoms with Crippen molar-refractivity contribution in [2.24, 2.45) is 0 Å². The maximum Gasteiger partial charge on any atom is 0.337 e. The molecule has 0 saturated heterocycles. The van der Waals surface area contributed by atoms with E-state index < -0.39 is 5.97 Å². The summed E-state index contributed by atoms with van der Waals surface area (Å²) in [5.41, 5.74) is 1.93. The first-order valence-electron chi connectivity index (χ1n) is 6.34. The molecule has 0 spiro atoms. The molecule has 0 aliphatic carbocycles. The number of rotatable bonds is 4. The van der Waals surface area contributed by atoms with E-state index in [0.717, 1.165) is 11.4 Å². The fraction of sp³-hybridized carbons (Fsp3) is 0.200. The summed E-state index contributed by atoms with van der Waals surface area (Å²) in [6, 6.07) is 8.39. The number of hydrogen-bond acceptors (Lipinski definition) is 4. The third kappa shape index (κ3) is 3.62. The van der Waals surface area contributed by atoms with Crippen LogP contribution in [0.2, 0.25) is 0 Å². The molecule has 0 radical (unpaired) electrons. The predicted molar refractivity (Wildman–Crippen MR) is 76.0 cm³/mol. The normalized spacial score (nSPS) is 10.2. The van der Waals surface area contributed by atoms with Crippen molar-refractivity contribution < 1.29 is 14.7 Å². The fourth-order valence-corrected chi connectivity index (χ4v) is 1.84. The van der Waals surface area contributed by atoms with Crippen LogP contribution in [0.15, 0.2) is 36.5 Å². The van der Waals surface area contributed by atoms with Gasteiger partial charge in [-0.1, -0.05) is 6.07 Å². The third-order valence-corrected chi connectivity index (χ3v) is 2.92. The number of amides is 1. The largest absolute Gasteiger partial charge is 0.478 e. The van der Waals surface area contributed by atoms with Crippen LogP contribution in [0.4, 0.5) is 0 Å². The Morgan fingerprint density at radius 1 is 1.24 bits per heavy atom. The van der Waals surface area contributed by atoms with Gasteiger partial charge in [-0.05, 0) is 31.2 Å². The van der Waals surface area contributed by atoms with E-state index in [0.29, 0.717) is 6.54 Å². The van der Waals surface area contributed by atoms with Crippen molar-refractivity contribution in [3.63, 3.8) is 0 Å². The Kier molecular flexibility index (Phi) is 4.27. The van der Waals surface area contributed by atoms with Crippen LogP contribution in [0.5, 0.6) is 0 Å². The summed E-state index contributed by atoms with van der Waals surface area (Å²) >= 11 is 0. The molecule has 1 amide bonds. The molecule has 2 aromatic rings. The molecule has 0 aromatic carbocycles. The second-order valence-corrected chi connectivity index (χ2v) is 4.67. The molecule has 2 heterocycles. The van der Waals surface area contributed by atoms with Gasteiger partial charge in [-0.15, -0.1) is 0 Å². The highest BCUT2D eigenvalue weighted by Crippen LogP contribution is 2.07. The monoisotopic (exact) mass is 285 g/mol. The molecule has 0 aliphatic heterocycles. The average Bonchev–Trinajstić information content (AvgIpc) is 2.46. The Morgan fingerprint density at radius 2 is 2.00 bits per heavy atom. The van der Waals surface area contributed by atoms with Gasteiger partial charge in [0.2, 0.25) is 0 Å². The number of aromatic nitrogens is 2. The highest BCUT2D eigenvalue weighted by atomic mass is 16.4. The lowest BCUT2D eigenvalue weighted by atomic mass is 10.2. The molecule has 6 heteroatoms. The topological polar surface area (TPSA) is 83.4 Å². The van der Waals surface area contributed by atoms with Gasteiger partial charge in [0.1, 0.15) is 5.69 Å². The van der Waals surface area contributed by atoms with Crippen LogP contribution < -0.4 is 0 Å². The number of hydrogen-bond donors (Lipinski definition) is 1. The minimum atomic E-state index is -1.07. The van der Waals surface area contributed by atoms with Crippen molar-refractivity contribution in [2.75, 3.05) is 7.05 Å². The van der Waals surface area contributed by atoms with Crippen molar-refractivity contribution in [3.05, 3.63) is 59.2 Å². The summed E-state index contributed by atoms with van der Waals surface area (Å²) in [4.78, 5) is 32.7. The number of carboxylic acids is 1. The minimum Gasteiger partial charge on any atom is -0.478 e. The maximum atomic E-state index is 12.2. The zero-order chi connectivity index (χ0) is 15.4. The molecule has 0 atom stereocenters. The Labute approximate surface area is 122 Å². The first-order chi connectivity index (χ1) is 9.97. The first-order valence-corrected chi connectivity index (χ1v) is 6.34. The Balaban J connectivity index is 2.10. The smallest absolute Gasteiger partial charge is 0.337 e. The van der Waals surface area contributed by atoms with E-state index in [1.165, 1.54) is 23.2 Å². The predicted octanol–water partition coefficient (Wildman–Crippen LogP) is 1.76. The molecule has 0 unspecified atom stereocenters. The molecule has 1 N–H and O–H groups in total. The van der Waals surface area contributed by atoms with Gasteiger partial charge in [0.05, 0.1) is 17.8 Å². The van der Waals surface area contributed by atoms with E-state index in [-0.39, 0.29) is 17.2 Å². The van der Waals surface area contributed by atoms with Crippen molar-refractivity contribution in [2.45, 2.75) is 13.5 Å². The lowest BCUT2D eigenvalue weighted by molar-refractivity contribution is 0.0694. The average molecular weight is 285 g/mol. The molecule has 6 nitrogen and oxygen atoms in total. The van der Waals surface area contributed by atoms with Gasteiger partial charge in [-0.3, -0.25) is 14.8 Å². The van der Waals surface area contributed by atoms with E-state index in [1.54, 1.807) is 7.05 Å². The fourth-order valence-electron chi connectivity index (χ4n) is 1.84. The zero-order valence-electron chi connectivity index (χ0n) is 11.8. The maximum absolute atomic E-state index is 12.2. The number of carbonyl (C=O) groups is 2. The summed E-state index contributed by atoms with van der Waals surface area (Å²) in [5, 5.41) is 8.80. The number of carboxylic acid groups (broad SMARTS) is 1. The second-order valence-electron chi connectivity index (χ2n) is 4.67. The molecule has 0 fully saturated rings. The van der Waals surface area contributed by atoms with Gasteiger partial charge in [0, 0.05) is 18.9 Å². The second kappa shape index (κ2) is 6.13. The summed E-state index contributed by atoms with van der Waals surface area (Å²) in [7, 11) is 1.65. The highest BCUT2D eigenvalue weighted by molar-refractivity contribution is 5.93. The molecule has 108 valence electrons. The molecular formula is C15H15N3O3. The first kappa shape index (κ1) is 14.6. The quantitative estimate of drug-likeness (QED) is 0.925. The van der Waals surface area contributed by atoms with E-state index >= 15 is 0 Å². The molecule has 0 bridgehead atoms. The van der Waals surface area contributed by atoms with Crippen LogP contribution in [0.1, 0.15) is 32.2 Å². The van der Waals surface area contributed by atoms with Crippen LogP contribution in [0.3, 0.4) is 0 Å². The van der Waals surface area contributed by atoms with Gasteiger partial charge < -0.3 is 10.0 Å². The van der Waals surface area contributed by atoms with E-state index in [1.807, 2.05) is 25.1 Å². The molecule has 2 aromatic heterocycles. The zero-order valence-corrected chi connectivity index (χ0v) is 11.8. The van der Waals surface area contributed by atoms with E-state index in [9.17, 15) is 9.59 Å². The Morgan fingerprint density at radius 3 is 2.57 bits per heavy atom. The van der Waals surface area contributed by atoms with Crippen LogP contribution in [0, 0.1) is 6.92 Å². The van der Waals surface area contributed by atoms with Gasteiger partial charge in [-0.2, -0.15) is 0 Å². The van der Waals surface area contributed by atoms with Crippen molar-refractivity contribution in [1.29, 1.82) is 0 Å². The lowest BCUT2D eigenvalue weighted by Crippen LogP contribution is -2.27. The van der Waals surface area contributed by atoms with Crippen molar-refractivity contribution >= 4 is 11.9 Å². The van der Waals surface area contributed by atoms with Crippen LogP contribution in [0.25, 0.3) is 0 Å². The van der Waals surface area contributed by atoms with Crippen LogP contribution in [-0.2, 0) is 6.54 Å². The lowest BCUT2D eigenvalue weighted by Gasteiger charge is -2.16. The third-order valence-electron chi connectivity index (χ3n) is 2.92. The van der Waals surface area contributed by atoms with Crippen molar-refractivity contribution in [1.82, 2.24) is 14.9 Å². The SMILES string of the molecule is Cc1cccc(CN(C)C(=O)c2ccc(C(=O)O)cn2)n1. The summed E-state index contributed by atoms with van der Waals surface area (Å²) in [5.74, 6) is -1.35. The van der Waals surface area contributed by atoms with Crippen LogP contribution >= 0.6 is 0 Å². The summed E-state index contributed by atoms with van der Waals surface area (Å²) < 4.78 is 0. The summed E-state index contributed by atoms with van der Waals surface area (Å²) in [6.07, 6.45) is 1.17. The molecule has 0 aliphatic rings. The molecule has 21 heavy (non-hydrogen) atoms. The van der Waals surface area contributed by atoms with Gasteiger partial charge in [0.15, 0.2) is 0 Å². The van der Waals surface area contributed by atoms with Gasteiger partial charge in [0.25, 0.3) is 5.91 Å². The van der Waals surface area contributed by atoms with Crippen LogP contribution in [-0.4, -0.2) is 38.9 Å². The molecule has 0 saturated carbocycles. The standard InChI is InChI=1S/C15H15N3O3/c1-10-4-3-5-12(17-10)9-18(2)14(19)13-7-6-11(8-16-13)15(20)21/h3-8H,9H2,1-2H3,(H,20,21). The highest BCUT2D eigenvalue weighted by Gasteiger charge is 2.14. The number of nitrogens with zero attached hydrogens (tertiary/aromatic N) is 3. The van der Waals surface area contributed by atoms with Gasteiger partial charge >= 0.3 is 5.97 Å².